The molecule has 114 valence electrons. The van der Waals surface area contributed by atoms with E-state index in [1.54, 1.807) is 18.2 Å². The molecule has 0 aromatic heterocycles. The van der Waals surface area contributed by atoms with Crippen LogP contribution in [0.5, 0.6) is 5.75 Å². The molecule has 1 aliphatic rings. The lowest BCUT2D eigenvalue weighted by molar-refractivity contribution is 0.103. The minimum atomic E-state index is -0.565. The van der Waals surface area contributed by atoms with Crippen molar-refractivity contribution in [1.29, 1.82) is 5.26 Å². The van der Waals surface area contributed by atoms with E-state index in [1.807, 2.05) is 17.8 Å². The lowest BCUT2D eigenvalue weighted by atomic mass is 10.2. The fraction of sp³-hybridized carbons (Fsp3) is 0.562. The van der Waals surface area contributed by atoms with Crippen LogP contribution in [0, 0.1) is 11.3 Å². The van der Waals surface area contributed by atoms with Crippen LogP contribution in [0.1, 0.15) is 24.8 Å². The number of rotatable bonds is 7. The molecule has 2 rings (SSSR count). The lowest BCUT2D eigenvalue weighted by Gasteiger charge is -2.17. The van der Waals surface area contributed by atoms with E-state index in [4.69, 9.17) is 10.00 Å². The molecule has 5 heteroatoms. The number of aliphatic hydroxyl groups excluding tert-OH is 1. The molecule has 1 aliphatic carbocycles. The molecule has 1 aromatic rings. The van der Waals surface area contributed by atoms with Gasteiger partial charge in [0, 0.05) is 17.8 Å². The predicted molar refractivity (Wildman–Crippen MR) is 85.6 cm³/mol. The van der Waals surface area contributed by atoms with Gasteiger partial charge in [0.2, 0.25) is 0 Å². The topological polar surface area (TPSA) is 65.3 Å². The van der Waals surface area contributed by atoms with Gasteiger partial charge in [0.05, 0.1) is 5.56 Å². The maximum atomic E-state index is 9.98. The second-order valence-corrected chi connectivity index (χ2v) is 6.49. The van der Waals surface area contributed by atoms with Crippen molar-refractivity contribution in [2.24, 2.45) is 0 Å². The van der Waals surface area contributed by atoms with Gasteiger partial charge in [0.25, 0.3) is 0 Å². The van der Waals surface area contributed by atoms with Crippen LogP contribution in [-0.2, 0) is 0 Å². The average Bonchev–Trinajstić information content (AvgIpc) is 2.99. The molecule has 0 aliphatic heterocycles. The normalized spacial score (nSPS) is 22.7. The van der Waals surface area contributed by atoms with Crippen LogP contribution in [0.25, 0.3) is 0 Å². The fourth-order valence-electron chi connectivity index (χ4n) is 2.57. The van der Waals surface area contributed by atoms with E-state index < -0.39 is 6.10 Å². The first-order chi connectivity index (χ1) is 10.2. The summed E-state index contributed by atoms with van der Waals surface area (Å²) in [5.74, 6) is 0.530. The van der Waals surface area contributed by atoms with Gasteiger partial charge in [-0.2, -0.15) is 17.0 Å². The highest BCUT2D eigenvalue weighted by molar-refractivity contribution is 7.99. The summed E-state index contributed by atoms with van der Waals surface area (Å²) in [7, 11) is 0. The second-order valence-electron chi connectivity index (χ2n) is 5.35. The summed E-state index contributed by atoms with van der Waals surface area (Å²) in [5, 5.41) is 23.1. The molecule has 0 bridgehead atoms. The Labute approximate surface area is 130 Å². The van der Waals surface area contributed by atoms with E-state index in [0.29, 0.717) is 23.9 Å². The van der Waals surface area contributed by atoms with Gasteiger partial charge < -0.3 is 15.2 Å². The smallest absolute Gasteiger partial charge is 0.137 e. The summed E-state index contributed by atoms with van der Waals surface area (Å²) in [4.78, 5) is 0. The first-order valence-corrected chi connectivity index (χ1v) is 8.58. The van der Waals surface area contributed by atoms with Crippen LogP contribution in [0.4, 0.5) is 0 Å². The summed E-state index contributed by atoms with van der Waals surface area (Å²) in [6.07, 6.45) is 5.19. The molecule has 1 fully saturated rings. The molecule has 1 saturated carbocycles. The zero-order chi connectivity index (χ0) is 15.1. The molecule has 3 unspecified atom stereocenters. The Balaban J connectivity index is 1.70. The maximum absolute atomic E-state index is 9.98. The van der Waals surface area contributed by atoms with Crippen LogP contribution < -0.4 is 10.1 Å². The largest absolute Gasteiger partial charge is 0.489 e. The highest BCUT2D eigenvalue weighted by Crippen LogP contribution is 2.28. The van der Waals surface area contributed by atoms with Crippen LogP contribution in [0.15, 0.2) is 24.3 Å². The van der Waals surface area contributed by atoms with Gasteiger partial charge in [0.15, 0.2) is 0 Å². The molecule has 2 N–H and O–H groups in total. The molecule has 0 saturated heterocycles. The lowest BCUT2D eigenvalue weighted by Crippen LogP contribution is -2.37. The number of hydrogen-bond acceptors (Lipinski definition) is 5. The number of para-hydroxylation sites is 1. The van der Waals surface area contributed by atoms with E-state index >= 15 is 0 Å². The molecule has 0 spiro atoms. The third kappa shape index (κ3) is 4.92. The zero-order valence-corrected chi connectivity index (χ0v) is 13.1. The van der Waals surface area contributed by atoms with Crippen LogP contribution in [0.3, 0.4) is 0 Å². The van der Waals surface area contributed by atoms with Gasteiger partial charge >= 0.3 is 0 Å². The third-order valence-corrected chi connectivity index (χ3v) is 4.89. The van der Waals surface area contributed by atoms with Crippen molar-refractivity contribution in [3.8, 4) is 11.8 Å². The highest BCUT2D eigenvalue weighted by Gasteiger charge is 2.23. The zero-order valence-electron chi connectivity index (χ0n) is 12.3. The highest BCUT2D eigenvalue weighted by atomic mass is 32.2. The van der Waals surface area contributed by atoms with Gasteiger partial charge in [-0.1, -0.05) is 12.1 Å². The Bertz CT molecular complexity index is 489. The monoisotopic (exact) mass is 306 g/mol. The molecule has 3 atom stereocenters. The van der Waals surface area contributed by atoms with Crippen molar-refractivity contribution in [1.82, 2.24) is 5.32 Å². The Morgan fingerprint density at radius 3 is 3.00 bits per heavy atom. The van der Waals surface area contributed by atoms with Crippen molar-refractivity contribution in [2.45, 2.75) is 36.7 Å². The molecule has 0 amide bonds. The quantitative estimate of drug-likeness (QED) is 0.808. The number of nitrogens with one attached hydrogen (secondary N) is 1. The van der Waals surface area contributed by atoms with E-state index in [9.17, 15) is 5.11 Å². The number of benzene rings is 1. The summed E-state index contributed by atoms with van der Waals surface area (Å²) >= 11 is 1.92. The Kier molecular flexibility index (Phi) is 6.37. The minimum Gasteiger partial charge on any atom is -0.489 e. The molecular weight excluding hydrogens is 284 g/mol. The van der Waals surface area contributed by atoms with Crippen molar-refractivity contribution >= 4 is 11.8 Å². The van der Waals surface area contributed by atoms with Crippen molar-refractivity contribution in [3.05, 3.63) is 29.8 Å². The molecule has 21 heavy (non-hydrogen) atoms. The Morgan fingerprint density at radius 1 is 1.48 bits per heavy atom. The van der Waals surface area contributed by atoms with Gasteiger partial charge in [0.1, 0.15) is 24.5 Å². The van der Waals surface area contributed by atoms with E-state index in [0.717, 1.165) is 5.25 Å². The number of nitriles is 1. The van der Waals surface area contributed by atoms with Gasteiger partial charge in [-0.05, 0) is 37.7 Å². The number of aliphatic hydroxyl groups is 1. The molecule has 0 heterocycles. The summed E-state index contributed by atoms with van der Waals surface area (Å²) < 4.78 is 5.53. The third-order valence-electron chi connectivity index (χ3n) is 3.80. The maximum Gasteiger partial charge on any atom is 0.137 e. The van der Waals surface area contributed by atoms with Crippen molar-refractivity contribution in [2.75, 3.05) is 19.4 Å². The average molecular weight is 306 g/mol. The van der Waals surface area contributed by atoms with Crippen molar-refractivity contribution < 1.29 is 9.84 Å². The summed E-state index contributed by atoms with van der Waals surface area (Å²) in [5.41, 5.74) is 0.497. The Hall–Kier alpha value is -1.22. The Morgan fingerprint density at radius 2 is 2.29 bits per heavy atom. The first kappa shape index (κ1) is 16.2. The summed E-state index contributed by atoms with van der Waals surface area (Å²) in [6.45, 7) is 0.727. The SMILES string of the molecule is CSC1CCC(NCC(O)COc2ccccc2C#N)C1. The van der Waals surface area contributed by atoms with Gasteiger partial charge in [-0.3, -0.25) is 0 Å². The summed E-state index contributed by atoms with van der Waals surface area (Å²) in [6, 6.07) is 9.66. The number of hydrogen-bond donors (Lipinski definition) is 2. The molecule has 0 radical (unpaired) electrons. The second kappa shape index (κ2) is 8.28. The number of ether oxygens (including phenoxy) is 1. The van der Waals surface area contributed by atoms with Crippen LogP contribution in [-0.4, -0.2) is 41.9 Å². The van der Waals surface area contributed by atoms with Crippen molar-refractivity contribution in [3.63, 3.8) is 0 Å². The number of thioether (sulfide) groups is 1. The van der Waals surface area contributed by atoms with Gasteiger partial charge in [-0.15, -0.1) is 0 Å². The molecule has 4 nitrogen and oxygen atoms in total. The standard InChI is InChI=1S/C16H22N2O2S/c1-21-15-7-6-13(8-15)18-10-14(19)11-20-16-5-3-2-4-12(16)9-17/h2-5,13-15,18-19H,6-8,10-11H2,1H3. The number of nitrogens with zero attached hydrogens (tertiary/aromatic N) is 1. The van der Waals surface area contributed by atoms with E-state index in [1.165, 1.54) is 19.3 Å². The van der Waals surface area contributed by atoms with Crippen LogP contribution in [0.2, 0.25) is 0 Å². The molecule has 1 aromatic carbocycles. The van der Waals surface area contributed by atoms with E-state index in [-0.39, 0.29) is 6.61 Å². The molecular formula is C16H22N2O2S. The fourth-order valence-corrected chi connectivity index (χ4v) is 3.37. The predicted octanol–water partition coefficient (Wildman–Crippen LogP) is 2.17. The van der Waals surface area contributed by atoms with Gasteiger partial charge in [-0.25, -0.2) is 0 Å². The van der Waals surface area contributed by atoms with E-state index in [2.05, 4.69) is 17.6 Å². The minimum absolute atomic E-state index is 0.199. The first-order valence-electron chi connectivity index (χ1n) is 7.29. The van der Waals surface area contributed by atoms with Crippen LogP contribution >= 0.6 is 11.8 Å².